The fraction of sp³-hybridized carbons (Fsp3) is 0.200. The van der Waals surface area contributed by atoms with Crippen LogP contribution in [0.1, 0.15) is 16.7 Å². The van der Waals surface area contributed by atoms with Gasteiger partial charge in [0.1, 0.15) is 0 Å². The fourth-order valence-electron chi connectivity index (χ4n) is 1.85. The van der Waals surface area contributed by atoms with E-state index >= 15 is 0 Å². The molecule has 0 unspecified atom stereocenters. The molecule has 3 heteroatoms. The van der Waals surface area contributed by atoms with E-state index < -0.39 is 0 Å². The van der Waals surface area contributed by atoms with E-state index in [2.05, 4.69) is 87.4 Å². The molecule has 0 fully saturated rings. The summed E-state index contributed by atoms with van der Waals surface area (Å²) in [5.41, 5.74) is 4.95. The molecule has 0 spiro atoms. The number of aryl methyl sites for hydroxylation is 2. The van der Waals surface area contributed by atoms with Crippen molar-refractivity contribution in [2.45, 2.75) is 20.4 Å². The molecule has 2 aromatic rings. The molecule has 18 heavy (non-hydrogen) atoms. The van der Waals surface area contributed by atoms with Gasteiger partial charge in [0, 0.05) is 21.2 Å². The molecule has 0 atom stereocenters. The number of benzene rings is 2. The molecule has 1 N–H and O–H groups in total. The Morgan fingerprint density at radius 2 is 1.50 bits per heavy atom. The maximum atomic E-state index is 3.58. The van der Waals surface area contributed by atoms with Gasteiger partial charge in [0.05, 0.1) is 0 Å². The molecule has 0 aliphatic carbocycles. The summed E-state index contributed by atoms with van der Waals surface area (Å²) in [4.78, 5) is 0. The van der Waals surface area contributed by atoms with E-state index in [1.54, 1.807) is 0 Å². The molecule has 0 saturated heterocycles. The molecule has 0 bridgehead atoms. The SMILES string of the molecule is Cc1cc(NCc2ccc(Br)cc2)cc(C)c1Br. The van der Waals surface area contributed by atoms with E-state index in [0.29, 0.717) is 0 Å². The Labute approximate surface area is 125 Å². The highest BCUT2D eigenvalue weighted by atomic mass is 79.9. The van der Waals surface area contributed by atoms with Crippen molar-refractivity contribution in [3.05, 3.63) is 62.0 Å². The number of rotatable bonds is 3. The maximum Gasteiger partial charge on any atom is 0.0400 e. The Bertz CT molecular complexity index is 524. The van der Waals surface area contributed by atoms with Crippen LogP contribution in [0.3, 0.4) is 0 Å². The lowest BCUT2D eigenvalue weighted by atomic mass is 10.1. The van der Waals surface area contributed by atoms with Crippen LogP contribution in [0.2, 0.25) is 0 Å². The van der Waals surface area contributed by atoms with Crippen molar-refractivity contribution in [1.82, 2.24) is 0 Å². The zero-order chi connectivity index (χ0) is 13.1. The monoisotopic (exact) mass is 367 g/mol. The first kappa shape index (κ1) is 13.6. The second-order valence-corrected chi connectivity index (χ2v) is 6.11. The zero-order valence-electron chi connectivity index (χ0n) is 10.4. The van der Waals surface area contributed by atoms with Crippen molar-refractivity contribution in [2.75, 3.05) is 5.32 Å². The summed E-state index contributed by atoms with van der Waals surface area (Å²) in [6.45, 7) is 5.07. The summed E-state index contributed by atoms with van der Waals surface area (Å²) in [5.74, 6) is 0. The van der Waals surface area contributed by atoms with E-state index in [1.807, 2.05) is 0 Å². The number of hydrogen-bond acceptors (Lipinski definition) is 1. The first-order valence-electron chi connectivity index (χ1n) is 5.81. The van der Waals surface area contributed by atoms with Crippen LogP contribution in [0, 0.1) is 13.8 Å². The minimum absolute atomic E-state index is 0.841. The quantitative estimate of drug-likeness (QED) is 0.760. The molecule has 0 radical (unpaired) electrons. The Hall–Kier alpha value is -0.800. The first-order chi connectivity index (χ1) is 8.56. The Balaban J connectivity index is 2.08. The molecule has 0 aromatic heterocycles. The van der Waals surface area contributed by atoms with E-state index in [0.717, 1.165) is 16.7 Å². The predicted molar refractivity (Wildman–Crippen MR) is 85.1 cm³/mol. The standard InChI is InChI=1S/C15H15Br2N/c1-10-7-14(8-11(2)15(10)17)18-9-12-3-5-13(16)6-4-12/h3-8,18H,9H2,1-2H3. The Morgan fingerprint density at radius 3 is 2.06 bits per heavy atom. The molecule has 2 aromatic carbocycles. The fourth-order valence-corrected chi connectivity index (χ4v) is 2.35. The van der Waals surface area contributed by atoms with Crippen molar-refractivity contribution in [3.63, 3.8) is 0 Å². The minimum Gasteiger partial charge on any atom is -0.381 e. The van der Waals surface area contributed by atoms with E-state index in [9.17, 15) is 0 Å². The number of nitrogens with one attached hydrogen (secondary N) is 1. The van der Waals surface area contributed by atoms with Crippen LogP contribution in [0.25, 0.3) is 0 Å². The Morgan fingerprint density at radius 1 is 0.944 bits per heavy atom. The smallest absolute Gasteiger partial charge is 0.0400 e. The molecule has 0 aliphatic heterocycles. The molecule has 1 nitrogen and oxygen atoms in total. The van der Waals surface area contributed by atoms with E-state index in [4.69, 9.17) is 0 Å². The lowest BCUT2D eigenvalue weighted by molar-refractivity contribution is 1.14. The molecule has 0 saturated carbocycles. The van der Waals surface area contributed by atoms with E-state index in [-0.39, 0.29) is 0 Å². The van der Waals surface area contributed by atoms with Gasteiger partial charge < -0.3 is 5.32 Å². The lowest BCUT2D eigenvalue weighted by Crippen LogP contribution is -2.00. The predicted octanol–water partition coefficient (Wildman–Crippen LogP) is 5.44. The third kappa shape index (κ3) is 3.36. The van der Waals surface area contributed by atoms with Crippen molar-refractivity contribution < 1.29 is 0 Å². The van der Waals surface area contributed by atoms with Crippen molar-refractivity contribution >= 4 is 37.5 Å². The van der Waals surface area contributed by atoms with Crippen LogP contribution in [0.4, 0.5) is 5.69 Å². The van der Waals surface area contributed by atoms with Gasteiger partial charge in [0.15, 0.2) is 0 Å². The van der Waals surface area contributed by atoms with Gasteiger partial charge in [-0.1, -0.05) is 44.0 Å². The van der Waals surface area contributed by atoms with Crippen molar-refractivity contribution in [2.24, 2.45) is 0 Å². The van der Waals surface area contributed by atoms with Gasteiger partial charge in [0.25, 0.3) is 0 Å². The first-order valence-corrected chi connectivity index (χ1v) is 7.40. The highest BCUT2D eigenvalue weighted by Crippen LogP contribution is 2.25. The van der Waals surface area contributed by atoms with E-state index in [1.165, 1.54) is 21.2 Å². The topological polar surface area (TPSA) is 12.0 Å². The number of halogens is 2. The highest BCUT2D eigenvalue weighted by molar-refractivity contribution is 9.10. The molecule has 0 aliphatic rings. The van der Waals surface area contributed by atoms with Crippen LogP contribution in [-0.4, -0.2) is 0 Å². The van der Waals surface area contributed by atoms with Crippen molar-refractivity contribution in [1.29, 1.82) is 0 Å². The summed E-state index contributed by atoms with van der Waals surface area (Å²) in [6.07, 6.45) is 0. The number of anilines is 1. The highest BCUT2D eigenvalue weighted by Gasteiger charge is 2.02. The van der Waals surface area contributed by atoms with Crippen LogP contribution >= 0.6 is 31.9 Å². The van der Waals surface area contributed by atoms with Gasteiger partial charge in [0.2, 0.25) is 0 Å². The van der Waals surface area contributed by atoms with Gasteiger partial charge >= 0.3 is 0 Å². The molecular formula is C15H15Br2N. The van der Waals surface area contributed by atoms with Gasteiger partial charge in [-0.15, -0.1) is 0 Å². The average Bonchev–Trinajstić information content (AvgIpc) is 2.35. The minimum atomic E-state index is 0.841. The molecular weight excluding hydrogens is 354 g/mol. The van der Waals surface area contributed by atoms with Crippen LogP contribution < -0.4 is 5.32 Å². The summed E-state index contributed by atoms with van der Waals surface area (Å²) in [6, 6.07) is 12.7. The molecule has 0 amide bonds. The van der Waals surface area contributed by atoms with Crippen molar-refractivity contribution in [3.8, 4) is 0 Å². The average molecular weight is 369 g/mol. The molecule has 94 valence electrons. The largest absolute Gasteiger partial charge is 0.381 e. The van der Waals surface area contributed by atoms with Gasteiger partial charge in [-0.05, 0) is 54.8 Å². The normalized spacial score (nSPS) is 10.4. The Kier molecular flexibility index (Phi) is 4.46. The van der Waals surface area contributed by atoms with Crippen LogP contribution in [0.5, 0.6) is 0 Å². The van der Waals surface area contributed by atoms with Gasteiger partial charge in [-0.3, -0.25) is 0 Å². The summed E-state index contributed by atoms with van der Waals surface area (Å²) >= 11 is 7.03. The lowest BCUT2D eigenvalue weighted by Gasteiger charge is -2.10. The summed E-state index contributed by atoms with van der Waals surface area (Å²) < 4.78 is 2.30. The second kappa shape index (κ2) is 5.89. The van der Waals surface area contributed by atoms with Gasteiger partial charge in [-0.2, -0.15) is 0 Å². The summed E-state index contributed by atoms with van der Waals surface area (Å²) in [7, 11) is 0. The second-order valence-electron chi connectivity index (χ2n) is 4.40. The molecule has 0 heterocycles. The van der Waals surface area contributed by atoms with Crippen LogP contribution in [0.15, 0.2) is 45.3 Å². The summed E-state index contributed by atoms with van der Waals surface area (Å²) in [5, 5.41) is 3.45. The zero-order valence-corrected chi connectivity index (χ0v) is 13.6. The van der Waals surface area contributed by atoms with Gasteiger partial charge in [-0.25, -0.2) is 0 Å². The number of hydrogen-bond donors (Lipinski definition) is 1. The molecule has 2 rings (SSSR count). The third-order valence-corrected chi connectivity index (χ3v) is 4.63. The van der Waals surface area contributed by atoms with Crippen LogP contribution in [-0.2, 0) is 6.54 Å². The third-order valence-electron chi connectivity index (χ3n) is 2.85. The maximum absolute atomic E-state index is 3.58.